The number of benzene rings is 1. The van der Waals surface area contributed by atoms with Gasteiger partial charge in [-0.15, -0.1) is 37.2 Å². The van der Waals surface area contributed by atoms with Crippen LogP contribution >= 0.6 is 37.2 Å². The molecule has 3 amide bonds. The van der Waals surface area contributed by atoms with E-state index in [0.29, 0.717) is 50.1 Å². The van der Waals surface area contributed by atoms with E-state index in [-0.39, 0.29) is 55.5 Å². The summed E-state index contributed by atoms with van der Waals surface area (Å²) in [6.45, 7) is 5.54. The molecule has 0 saturated heterocycles. The smallest absolute Gasteiger partial charge is 0.246 e. The molecule has 1 aromatic rings. The number of halogens is 3. The number of hydrogen-bond donors (Lipinski definition) is 5. The van der Waals surface area contributed by atoms with Gasteiger partial charge < -0.3 is 32.7 Å². The number of amides is 3. The van der Waals surface area contributed by atoms with Crippen LogP contribution in [0.4, 0.5) is 5.69 Å². The number of nitrogens with one attached hydrogen (secondary N) is 2. The van der Waals surface area contributed by atoms with E-state index in [1.807, 2.05) is 24.3 Å². The first-order valence-corrected chi connectivity index (χ1v) is 13.4. The van der Waals surface area contributed by atoms with E-state index in [1.165, 1.54) is 29.7 Å². The van der Waals surface area contributed by atoms with Crippen LogP contribution in [0, 0.1) is 5.92 Å². The lowest BCUT2D eigenvalue weighted by Gasteiger charge is -2.26. The summed E-state index contributed by atoms with van der Waals surface area (Å²) in [5, 5.41) is 5.75. The molecule has 0 heterocycles. The number of anilines is 1. The Labute approximate surface area is 252 Å². The summed E-state index contributed by atoms with van der Waals surface area (Å²) in [6.07, 6.45) is 7.22. The zero-order valence-electron chi connectivity index (χ0n) is 23.2. The Bertz CT molecular complexity index is 833. The highest BCUT2D eigenvalue weighted by Crippen LogP contribution is 2.28. The van der Waals surface area contributed by atoms with Gasteiger partial charge in [-0.05, 0) is 42.4 Å². The van der Waals surface area contributed by atoms with Crippen molar-refractivity contribution in [2.24, 2.45) is 23.1 Å². The van der Waals surface area contributed by atoms with Crippen molar-refractivity contribution in [2.75, 3.05) is 31.5 Å². The third-order valence-electron chi connectivity index (χ3n) is 6.95. The minimum atomic E-state index is -1.06. The van der Waals surface area contributed by atoms with Crippen molar-refractivity contribution in [3.63, 3.8) is 0 Å². The van der Waals surface area contributed by atoms with Gasteiger partial charge in [0, 0.05) is 31.9 Å². The number of hydrogen-bond acceptors (Lipinski definition) is 6. The molecule has 0 aromatic heterocycles. The Balaban J connectivity index is 0. The van der Waals surface area contributed by atoms with Crippen molar-refractivity contribution in [1.29, 1.82) is 0 Å². The lowest BCUT2D eigenvalue weighted by Crippen LogP contribution is -2.52. The maximum absolute atomic E-state index is 13.2. The van der Waals surface area contributed by atoms with Crippen molar-refractivity contribution >= 4 is 60.6 Å². The quantitative estimate of drug-likeness (QED) is 0.217. The predicted molar refractivity (Wildman–Crippen MR) is 166 cm³/mol. The molecule has 226 valence electrons. The van der Waals surface area contributed by atoms with Gasteiger partial charge in [0.1, 0.15) is 6.04 Å². The SMILES string of the molecule is CC(C)c1ccc(NC(=O)[C@H](CCC2CCCCC2)NC(=O)[C@@H](N)CC(=O)N(CCN)CCN)cc1.Cl.Cl.Cl. The van der Waals surface area contributed by atoms with Crippen molar-refractivity contribution in [3.8, 4) is 0 Å². The van der Waals surface area contributed by atoms with E-state index < -0.39 is 18.0 Å². The molecule has 0 spiro atoms. The molecule has 8 N–H and O–H groups in total. The number of rotatable bonds is 14. The number of nitrogens with two attached hydrogens (primary N) is 3. The van der Waals surface area contributed by atoms with Gasteiger partial charge >= 0.3 is 0 Å². The van der Waals surface area contributed by atoms with Crippen LogP contribution in [-0.4, -0.2) is 60.9 Å². The molecule has 0 bridgehead atoms. The molecule has 1 saturated carbocycles. The summed E-state index contributed by atoms with van der Waals surface area (Å²) in [5.41, 5.74) is 19.1. The fourth-order valence-corrected chi connectivity index (χ4v) is 4.69. The zero-order valence-corrected chi connectivity index (χ0v) is 25.7. The second kappa shape index (κ2) is 21.2. The van der Waals surface area contributed by atoms with E-state index in [1.54, 1.807) is 0 Å². The van der Waals surface area contributed by atoms with Crippen LogP contribution in [0.3, 0.4) is 0 Å². The maximum atomic E-state index is 13.2. The Kier molecular flexibility index (Phi) is 21.5. The van der Waals surface area contributed by atoms with Crippen molar-refractivity contribution in [3.05, 3.63) is 29.8 Å². The van der Waals surface area contributed by atoms with E-state index in [2.05, 4.69) is 24.5 Å². The topological polar surface area (TPSA) is 157 Å². The standard InChI is InChI=1S/C27H46N6O3.3ClH/c1-19(2)21-9-11-22(12-10-21)31-27(36)24(13-8-20-6-4-3-5-7-20)32-26(35)23(30)18-25(34)33(16-14-28)17-15-29;;;/h9-12,19-20,23-24H,3-8,13-18,28-30H2,1-2H3,(H,31,36)(H,32,35);3*1H/t23-,24-;;;/m0.../s1. The van der Waals surface area contributed by atoms with Crippen LogP contribution in [0.1, 0.15) is 76.7 Å². The Morgan fingerprint density at radius 2 is 1.49 bits per heavy atom. The molecule has 1 aliphatic carbocycles. The van der Waals surface area contributed by atoms with E-state index >= 15 is 0 Å². The normalized spacial score (nSPS) is 14.6. The van der Waals surface area contributed by atoms with Gasteiger partial charge in [0.2, 0.25) is 17.7 Å². The average molecular weight is 612 g/mol. The molecule has 12 heteroatoms. The molecule has 2 atom stereocenters. The van der Waals surface area contributed by atoms with Gasteiger partial charge in [-0.2, -0.15) is 0 Å². The van der Waals surface area contributed by atoms with Crippen LogP contribution in [-0.2, 0) is 14.4 Å². The number of nitrogens with zero attached hydrogens (tertiary/aromatic N) is 1. The van der Waals surface area contributed by atoms with Crippen LogP contribution < -0.4 is 27.8 Å². The van der Waals surface area contributed by atoms with Gasteiger partial charge in [0.15, 0.2) is 0 Å². The highest BCUT2D eigenvalue weighted by Gasteiger charge is 2.27. The molecule has 1 aliphatic rings. The zero-order chi connectivity index (χ0) is 26.5. The lowest BCUT2D eigenvalue weighted by atomic mass is 9.85. The molecule has 0 radical (unpaired) electrons. The monoisotopic (exact) mass is 610 g/mol. The molecule has 0 aliphatic heterocycles. The van der Waals surface area contributed by atoms with Crippen molar-refractivity contribution < 1.29 is 14.4 Å². The van der Waals surface area contributed by atoms with Gasteiger partial charge in [0.25, 0.3) is 0 Å². The van der Waals surface area contributed by atoms with E-state index in [4.69, 9.17) is 17.2 Å². The van der Waals surface area contributed by atoms with Crippen molar-refractivity contribution in [1.82, 2.24) is 10.2 Å². The van der Waals surface area contributed by atoms with Crippen LogP contribution in [0.15, 0.2) is 24.3 Å². The molecule has 0 unspecified atom stereocenters. The largest absolute Gasteiger partial charge is 0.343 e. The summed E-state index contributed by atoms with van der Waals surface area (Å²) in [4.78, 5) is 40.2. The average Bonchev–Trinajstić information content (AvgIpc) is 2.87. The van der Waals surface area contributed by atoms with Gasteiger partial charge in [0.05, 0.1) is 12.5 Å². The van der Waals surface area contributed by atoms with Crippen LogP contribution in [0.2, 0.25) is 0 Å². The molecule has 1 aromatic carbocycles. The maximum Gasteiger partial charge on any atom is 0.246 e. The molecule has 2 rings (SSSR count). The summed E-state index contributed by atoms with van der Waals surface area (Å²) in [5.74, 6) is -0.104. The first-order valence-electron chi connectivity index (χ1n) is 13.4. The third-order valence-corrected chi connectivity index (χ3v) is 6.95. The van der Waals surface area contributed by atoms with Gasteiger partial charge in [-0.3, -0.25) is 14.4 Å². The Morgan fingerprint density at radius 3 is 2.00 bits per heavy atom. The second-order valence-electron chi connectivity index (χ2n) is 10.2. The molecular weight excluding hydrogens is 563 g/mol. The Morgan fingerprint density at radius 1 is 0.923 bits per heavy atom. The molecule has 39 heavy (non-hydrogen) atoms. The van der Waals surface area contributed by atoms with Gasteiger partial charge in [-0.1, -0.05) is 58.1 Å². The summed E-state index contributed by atoms with van der Waals surface area (Å²) in [6, 6.07) is 5.94. The minimum Gasteiger partial charge on any atom is -0.343 e. The fourth-order valence-electron chi connectivity index (χ4n) is 4.69. The molecule has 9 nitrogen and oxygen atoms in total. The summed E-state index contributed by atoms with van der Waals surface area (Å²) < 4.78 is 0. The van der Waals surface area contributed by atoms with E-state index in [0.717, 1.165) is 19.3 Å². The lowest BCUT2D eigenvalue weighted by molar-refractivity contribution is -0.134. The third kappa shape index (κ3) is 14.0. The van der Waals surface area contributed by atoms with Gasteiger partial charge in [-0.25, -0.2) is 0 Å². The van der Waals surface area contributed by atoms with Crippen molar-refractivity contribution in [2.45, 2.75) is 83.2 Å². The van der Waals surface area contributed by atoms with Crippen LogP contribution in [0.5, 0.6) is 0 Å². The first-order chi connectivity index (χ1) is 17.2. The fraction of sp³-hybridized carbons (Fsp3) is 0.667. The summed E-state index contributed by atoms with van der Waals surface area (Å²) >= 11 is 0. The van der Waals surface area contributed by atoms with Crippen LogP contribution in [0.25, 0.3) is 0 Å². The number of carbonyl (C=O) groups is 3. The minimum absolute atomic E-state index is 0. The predicted octanol–water partition coefficient (Wildman–Crippen LogP) is 3.32. The molecular formula is C27H49Cl3N6O3. The molecule has 1 fully saturated rings. The number of carbonyl (C=O) groups excluding carboxylic acids is 3. The second-order valence-corrected chi connectivity index (χ2v) is 10.2. The Hall–Kier alpha value is -1.62. The highest BCUT2D eigenvalue weighted by atomic mass is 35.5. The summed E-state index contributed by atoms with van der Waals surface area (Å²) in [7, 11) is 0. The van der Waals surface area contributed by atoms with E-state index in [9.17, 15) is 14.4 Å². The highest BCUT2D eigenvalue weighted by molar-refractivity contribution is 5.98. The first kappa shape index (κ1) is 39.5.